The van der Waals surface area contributed by atoms with Crippen LogP contribution >= 0.6 is 10.7 Å². The average molecular weight is 333 g/mol. The molecule has 0 aliphatic carbocycles. The van der Waals surface area contributed by atoms with E-state index in [1.54, 1.807) is 0 Å². The van der Waals surface area contributed by atoms with Crippen molar-refractivity contribution in [2.75, 3.05) is 6.54 Å². The molecule has 5 nitrogen and oxygen atoms in total. The third kappa shape index (κ3) is 3.54. The van der Waals surface area contributed by atoms with E-state index in [2.05, 4.69) is 5.32 Å². The molecular formula is C13H14ClFN2O3S. The number of nitrogens with one attached hydrogen (secondary N) is 1. The van der Waals surface area contributed by atoms with Gasteiger partial charge in [0.15, 0.2) is 0 Å². The highest BCUT2D eigenvalue weighted by atomic mass is 35.7. The van der Waals surface area contributed by atoms with E-state index < -0.39 is 14.9 Å². The number of amides is 1. The molecule has 8 heteroatoms. The Labute approximate surface area is 126 Å². The van der Waals surface area contributed by atoms with Crippen molar-refractivity contribution in [3.63, 3.8) is 0 Å². The first-order valence-electron chi connectivity index (χ1n) is 6.32. The van der Waals surface area contributed by atoms with Gasteiger partial charge in [-0.25, -0.2) is 12.8 Å². The first-order valence-corrected chi connectivity index (χ1v) is 8.63. The summed E-state index contributed by atoms with van der Waals surface area (Å²) in [6.07, 6.45) is 2.04. The molecular weight excluding hydrogens is 319 g/mol. The Hall–Kier alpha value is -1.60. The van der Waals surface area contributed by atoms with Crippen molar-refractivity contribution < 1.29 is 17.6 Å². The number of carbonyl (C=O) groups excluding carboxylic acids is 1. The summed E-state index contributed by atoms with van der Waals surface area (Å²) in [5.41, 5.74) is 0.433. The number of hydrogen-bond donors (Lipinski definition) is 1. The molecule has 0 radical (unpaired) electrons. The molecule has 0 unspecified atom stereocenters. The Morgan fingerprint density at radius 3 is 2.76 bits per heavy atom. The van der Waals surface area contributed by atoms with Crippen LogP contribution in [0.2, 0.25) is 0 Å². The Balaban J connectivity index is 2.48. The van der Waals surface area contributed by atoms with Crippen molar-refractivity contribution >= 4 is 36.5 Å². The predicted molar refractivity (Wildman–Crippen MR) is 78.2 cm³/mol. The maximum absolute atomic E-state index is 13.3. The molecule has 0 saturated heterocycles. The van der Waals surface area contributed by atoms with Gasteiger partial charge in [0.05, 0.1) is 5.52 Å². The van der Waals surface area contributed by atoms with Gasteiger partial charge in [0, 0.05) is 28.8 Å². The van der Waals surface area contributed by atoms with Crippen molar-refractivity contribution in [1.82, 2.24) is 9.88 Å². The smallest absolute Gasteiger partial charge is 0.263 e. The third-order valence-electron chi connectivity index (χ3n) is 2.96. The fourth-order valence-electron chi connectivity index (χ4n) is 2.04. The quantitative estimate of drug-likeness (QED) is 0.854. The lowest BCUT2D eigenvalue weighted by Gasteiger charge is -2.06. The molecule has 1 amide bonds. The third-order valence-corrected chi connectivity index (χ3v) is 4.30. The largest absolute Gasteiger partial charge is 0.355 e. The van der Waals surface area contributed by atoms with E-state index in [0.717, 1.165) is 12.5 Å². The molecule has 1 aromatic carbocycles. The summed E-state index contributed by atoms with van der Waals surface area (Å²) < 4.78 is 37.9. The molecule has 2 aromatic rings. The van der Waals surface area contributed by atoms with Crippen LogP contribution in [0, 0.1) is 5.82 Å². The minimum Gasteiger partial charge on any atom is -0.355 e. The molecule has 0 aliphatic rings. The van der Waals surface area contributed by atoms with Crippen molar-refractivity contribution in [2.45, 2.75) is 24.8 Å². The first-order chi connectivity index (χ1) is 9.82. The molecule has 1 heterocycles. The Morgan fingerprint density at radius 2 is 2.14 bits per heavy atom. The second-order valence-electron chi connectivity index (χ2n) is 4.57. The molecule has 0 saturated carbocycles. The molecule has 0 fully saturated rings. The van der Waals surface area contributed by atoms with E-state index in [-0.39, 0.29) is 22.7 Å². The lowest BCUT2D eigenvalue weighted by Crippen LogP contribution is -2.27. The summed E-state index contributed by atoms with van der Waals surface area (Å²) in [5, 5.41) is 2.85. The summed E-state index contributed by atoms with van der Waals surface area (Å²) in [5.74, 6) is -0.825. The number of carbonyl (C=O) groups is 1. The maximum atomic E-state index is 13.3. The highest BCUT2D eigenvalue weighted by Gasteiger charge is 2.20. The van der Waals surface area contributed by atoms with Crippen LogP contribution < -0.4 is 5.32 Å². The van der Waals surface area contributed by atoms with Gasteiger partial charge >= 0.3 is 0 Å². The molecule has 21 heavy (non-hydrogen) atoms. The van der Waals surface area contributed by atoms with Gasteiger partial charge in [-0.1, -0.05) is 6.92 Å². The fourth-order valence-corrected chi connectivity index (χ4v) is 3.09. The number of hydrogen-bond acceptors (Lipinski definition) is 3. The number of halogens is 2. The molecule has 2 rings (SSSR count). The lowest BCUT2D eigenvalue weighted by atomic mass is 10.2. The summed E-state index contributed by atoms with van der Waals surface area (Å²) in [7, 11) is 1.33. The second-order valence-corrected chi connectivity index (χ2v) is 7.10. The highest BCUT2D eigenvalue weighted by molar-refractivity contribution is 8.14. The van der Waals surface area contributed by atoms with Crippen LogP contribution in [0.3, 0.4) is 0 Å². The van der Waals surface area contributed by atoms with Crippen LogP contribution in [-0.4, -0.2) is 25.4 Å². The van der Waals surface area contributed by atoms with Crippen LogP contribution in [0.4, 0.5) is 4.39 Å². The molecule has 1 N–H and O–H groups in total. The zero-order valence-corrected chi connectivity index (χ0v) is 12.8. The van der Waals surface area contributed by atoms with Crippen LogP contribution in [0.5, 0.6) is 0 Å². The van der Waals surface area contributed by atoms with Gasteiger partial charge in [-0.05, 0) is 24.6 Å². The van der Waals surface area contributed by atoms with Gasteiger partial charge in [-0.3, -0.25) is 4.79 Å². The van der Waals surface area contributed by atoms with E-state index in [9.17, 15) is 17.6 Å². The summed E-state index contributed by atoms with van der Waals surface area (Å²) >= 11 is 0. The van der Waals surface area contributed by atoms with Crippen LogP contribution in [-0.2, 0) is 20.4 Å². The molecule has 1 aromatic heterocycles. The van der Waals surface area contributed by atoms with Gasteiger partial charge in [0.1, 0.15) is 17.3 Å². The Kier molecular flexibility index (Phi) is 4.53. The molecule has 0 atom stereocenters. The van der Waals surface area contributed by atoms with Gasteiger partial charge in [-0.15, -0.1) is 0 Å². The van der Waals surface area contributed by atoms with Crippen molar-refractivity contribution in [2.24, 2.45) is 0 Å². The number of aromatic nitrogens is 1. The molecule has 0 bridgehead atoms. The first kappa shape index (κ1) is 15.8. The van der Waals surface area contributed by atoms with Crippen molar-refractivity contribution in [3.05, 3.63) is 30.2 Å². The number of fused-ring (bicyclic) bond motifs is 1. The van der Waals surface area contributed by atoms with Gasteiger partial charge in [0.25, 0.3) is 9.05 Å². The molecule has 114 valence electrons. The second kappa shape index (κ2) is 6.03. The number of rotatable bonds is 5. The average Bonchev–Trinajstić information content (AvgIpc) is 2.74. The summed E-state index contributed by atoms with van der Waals surface area (Å²) in [4.78, 5) is 11.5. The van der Waals surface area contributed by atoms with Gasteiger partial charge < -0.3 is 9.88 Å². The maximum Gasteiger partial charge on any atom is 0.263 e. The SMILES string of the molecule is CCCNC(=O)Cn1cc(S(=O)(=O)Cl)c2cc(F)ccc21. The van der Waals surface area contributed by atoms with Gasteiger partial charge in [0.2, 0.25) is 5.91 Å². The lowest BCUT2D eigenvalue weighted by molar-refractivity contribution is -0.121. The monoisotopic (exact) mass is 332 g/mol. The summed E-state index contributed by atoms with van der Waals surface area (Å²) in [6, 6.07) is 3.71. The van der Waals surface area contributed by atoms with E-state index in [0.29, 0.717) is 12.1 Å². The van der Waals surface area contributed by atoms with Crippen molar-refractivity contribution in [1.29, 1.82) is 0 Å². The van der Waals surface area contributed by atoms with Gasteiger partial charge in [-0.2, -0.15) is 0 Å². The summed E-state index contributed by atoms with van der Waals surface area (Å²) in [6.45, 7) is 2.40. The minimum atomic E-state index is -4.03. The Bertz CT molecular complexity index is 786. The fraction of sp³-hybridized carbons (Fsp3) is 0.308. The highest BCUT2D eigenvalue weighted by Crippen LogP contribution is 2.28. The topological polar surface area (TPSA) is 68.2 Å². The van der Waals surface area contributed by atoms with E-state index in [1.807, 2.05) is 6.92 Å². The van der Waals surface area contributed by atoms with Crippen LogP contribution in [0.1, 0.15) is 13.3 Å². The predicted octanol–water partition coefficient (Wildman–Crippen LogP) is 2.23. The number of nitrogens with zero attached hydrogens (tertiary/aromatic N) is 1. The normalized spacial score (nSPS) is 11.8. The molecule has 0 spiro atoms. The van der Waals surface area contributed by atoms with E-state index in [1.165, 1.54) is 22.9 Å². The van der Waals surface area contributed by atoms with Crippen molar-refractivity contribution in [3.8, 4) is 0 Å². The zero-order chi connectivity index (χ0) is 15.6. The zero-order valence-electron chi connectivity index (χ0n) is 11.3. The number of benzene rings is 1. The van der Waals surface area contributed by atoms with E-state index >= 15 is 0 Å². The Morgan fingerprint density at radius 1 is 1.43 bits per heavy atom. The minimum absolute atomic E-state index is 0.0610. The van der Waals surface area contributed by atoms with E-state index in [4.69, 9.17) is 10.7 Å². The molecule has 0 aliphatic heterocycles. The van der Waals surface area contributed by atoms with Crippen LogP contribution in [0.15, 0.2) is 29.3 Å². The standard InChI is InChI=1S/C13H14ClFN2O3S/c1-2-5-16-13(18)8-17-7-12(21(14,19)20)10-6-9(15)3-4-11(10)17/h3-4,6-7H,2,5,8H2,1H3,(H,16,18). The van der Waals surface area contributed by atoms with Crippen LogP contribution in [0.25, 0.3) is 10.9 Å².